The Morgan fingerprint density at radius 3 is 2.71 bits per heavy atom. The number of hydrogen-bond acceptors (Lipinski definition) is 6. The van der Waals surface area contributed by atoms with Crippen LogP contribution in [0.15, 0.2) is 0 Å². The lowest BCUT2D eigenvalue weighted by molar-refractivity contribution is -0.135. The van der Waals surface area contributed by atoms with Crippen LogP contribution in [0.2, 0.25) is 0 Å². The van der Waals surface area contributed by atoms with Crippen molar-refractivity contribution in [2.24, 2.45) is 17.1 Å². The summed E-state index contributed by atoms with van der Waals surface area (Å²) in [5.74, 6) is 1.93. The summed E-state index contributed by atoms with van der Waals surface area (Å²) in [6.07, 6.45) is 10.1. The van der Waals surface area contributed by atoms with Gasteiger partial charge in [-0.25, -0.2) is 0 Å². The quantitative estimate of drug-likeness (QED) is 0.329. The van der Waals surface area contributed by atoms with Crippen LogP contribution >= 0.6 is 11.8 Å². The summed E-state index contributed by atoms with van der Waals surface area (Å²) < 4.78 is 0. The van der Waals surface area contributed by atoms with E-state index in [1.807, 2.05) is 18.7 Å². The fourth-order valence-electron chi connectivity index (χ4n) is 5.93. The molecule has 176 valence electrons. The van der Waals surface area contributed by atoms with Crippen molar-refractivity contribution in [2.45, 2.75) is 88.1 Å². The van der Waals surface area contributed by atoms with Gasteiger partial charge in [-0.05, 0) is 51.4 Å². The van der Waals surface area contributed by atoms with Crippen molar-refractivity contribution in [1.82, 2.24) is 20.9 Å². The number of nitrogens with two attached hydrogens (primary N) is 1. The van der Waals surface area contributed by atoms with Gasteiger partial charge in [0.1, 0.15) is 0 Å². The number of thioether (sulfide) groups is 1. The summed E-state index contributed by atoms with van der Waals surface area (Å²) in [7, 11) is 0. The number of amides is 2. The zero-order chi connectivity index (χ0) is 21.8. The normalized spacial score (nSPS) is 34.6. The van der Waals surface area contributed by atoms with Crippen LogP contribution in [-0.4, -0.2) is 72.1 Å². The molecule has 2 heterocycles. The van der Waals surface area contributed by atoms with Crippen LogP contribution in [0.4, 0.5) is 0 Å². The Hall–Kier alpha value is -0.830. The highest BCUT2D eigenvalue weighted by atomic mass is 32.2. The van der Waals surface area contributed by atoms with E-state index >= 15 is 0 Å². The van der Waals surface area contributed by atoms with Gasteiger partial charge in [-0.2, -0.15) is 0 Å². The third kappa shape index (κ3) is 5.23. The maximum Gasteiger partial charge on any atom is 0.239 e. The molecule has 4 rings (SSSR count). The van der Waals surface area contributed by atoms with Crippen molar-refractivity contribution >= 4 is 23.6 Å². The van der Waals surface area contributed by atoms with Crippen molar-refractivity contribution in [3.05, 3.63) is 0 Å². The minimum Gasteiger partial charge on any atom is -0.356 e. The van der Waals surface area contributed by atoms with Crippen LogP contribution in [-0.2, 0) is 9.59 Å². The molecule has 5 unspecified atom stereocenters. The monoisotopic (exact) mass is 451 g/mol. The molecule has 0 spiro atoms. The molecule has 2 saturated carbocycles. The zero-order valence-corrected chi connectivity index (χ0v) is 19.9. The van der Waals surface area contributed by atoms with E-state index < -0.39 is 0 Å². The smallest absolute Gasteiger partial charge is 0.239 e. The second-order valence-corrected chi connectivity index (χ2v) is 11.3. The predicted molar refractivity (Wildman–Crippen MR) is 126 cm³/mol. The summed E-state index contributed by atoms with van der Waals surface area (Å²) in [5.41, 5.74) is 6.19. The average molecular weight is 452 g/mol. The van der Waals surface area contributed by atoms with E-state index in [0.29, 0.717) is 18.5 Å². The van der Waals surface area contributed by atoms with Gasteiger partial charge >= 0.3 is 0 Å². The van der Waals surface area contributed by atoms with Gasteiger partial charge in [-0.15, -0.1) is 11.8 Å². The minimum absolute atomic E-state index is 0.00162. The molecule has 2 amide bonds. The highest BCUT2D eigenvalue weighted by Gasteiger charge is 2.44. The second-order valence-electron chi connectivity index (χ2n) is 10.1. The summed E-state index contributed by atoms with van der Waals surface area (Å²) >= 11 is 1.81. The maximum absolute atomic E-state index is 13.2. The first-order valence-corrected chi connectivity index (χ1v) is 13.5. The van der Waals surface area contributed by atoms with Crippen LogP contribution in [0.5, 0.6) is 0 Å². The maximum atomic E-state index is 13.2. The molecule has 0 radical (unpaired) electrons. The molecular weight excluding hydrogens is 410 g/mol. The molecule has 2 aliphatic carbocycles. The summed E-state index contributed by atoms with van der Waals surface area (Å²) in [5, 5.41) is 10.4. The molecule has 2 aliphatic heterocycles. The lowest BCUT2D eigenvalue weighted by Gasteiger charge is -2.41. The zero-order valence-electron chi connectivity index (χ0n) is 19.0. The number of rotatable bonds is 8. The molecule has 4 fully saturated rings. The van der Waals surface area contributed by atoms with Crippen molar-refractivity contribution in [2.75, 3.05) is 32.1 Å². The number of piperidine rings is 1. The van der Waals surface area contributed by atoms with E-state index in [2.05, 4.69) is 20.9 Å². The van der Waals surface area contributed by atoms with Gasteiger partial charge in [0, 0.05) is 49.4 Å². The fourth-order valence-corrected chi connectivity index (χ4v) is 7.04. The van der Waals surface area contributed by atoms with Gasteiger partial charge in [-0.1, -0.05) is 19.3 Å². The Labute approximate surface area is 191 Å². The fraction of sp³-hybridized carbons (Fsp3) is 0.913. The lowest BCUT2D eigenvalue weighted by Crippen LogP contribution is -2.55. The van der Waals surface area contributed by atoms with Crippen molar-refractivity contribution in [3.8, 4) is 0 Å². The first-order valence-electron chi connectivity index (χ1n) is 12.4. The average Bonchev–Trinajstić information content (AvgIpc) is 3.17. The minimum atomic E-state index is -0.224. The van der Waals surface area contributed by atoms with Crippen LogP contribution in [0.1, 0.15) is 64.7 Å². The molecule has 7 nitrogen and oxygen atoms in total. The Kier molecular flexibility index (Phi) is 7.83. The first-order chi connectivity index (χ1) is 15.0. The van der Waals surface area contributed by atoms with Crippen LogP contribution < -0.4 is 21.7 Å². The standard InChI is InChI=1S/C23H41N5O2S/c1-2-26-22(30)23(9-5-10-23)14-25-15-31-20-13-28(11-8-17(20)24)21(29)19-12-16-6-3-4-7-18(16)27-19/h16-20,25,27H,2-15,24H2,1H3,(H,26,30). The molecule has 0 aromatic carbocycles. The van der Waals surface area contributed by atoms with Gasteiger partial charge in [-0.3, -0.25) is 9.59 Å². The Bertz CT molecular complexity index is 629. The molecule has 0 aromatic heterocycles. The van der Waals surface area contributed by atoms with E-state index in [1.54, 1.807) is 0 Å². The third-order valence-corrected chi connectivity index (χ3v) is 9.37. The van der Waals surface area contributed by atoms with Crippen LogP contribution in [0.3, 0.4) is 0 Å². The van der Waals surface area contributed by atoms with E-state index in [0.717, 1.165) is 57.6 Å². The molecule has 2 saturated heterocycles. The second kappa shape index (κ2) is 10.4. The van der Waals surface area contributed by atoms with Crippen LogP contribution in [0, 0.1) is 11.3 Å². The Morgan fingerprint density at radius 2 is 2.00 bits per heavy atom. The number of likely N-dealkylation sites (tertiary alicyclic amines) is 1. The first kappa shape index (κ1) is 23.3. The van der Waals surface area contributed by atoms with E-state index in [4.69, 9.17) is 5.73 Å². The van der Waals surface area contributed by atoms with Crippen LogP contribution in [0.25, 0.3) is 0 Å². The summed E-state index contributed by atoms with van der Waals surface area (Å²) in [6.45, 7) is 4.90. The molecule has 8 heteroatoms. The molecule has 0 aromatic rings. The third-order valence-electron chi connectivity index (χ3n) is 8.08. The molecule has 5 N–H and O–H groups in total. The largest absolute Gasteiger partial charge is 0.356 e. The molecule has 0 bridgehead atoms. The number of nitrogens with zero attached hydrogens (tertiary/aromatic N) is 1. The SMILES string of the molecule is CCNC(=O)C1(CNCSC2CN(C(=O)C3CC4CCCCC4N3)CCC2N)CCC1. The number of nitrogens with one attached hydrogen (secondary N) is 3. The van der Waals surface area contributed by atoms with Gasteiger partial charge in [0.15, 0.2) is 0 Å². The molecule has 4 aliphatic rings. The van der Waals surface area contributed by atoms with E-state index in [9.17, 15) is 9.59 Å². The summed E-state index contributed by atoms with van der Waals surface area (Å²) in [6, 6.07) is 0.672. The van der Waals surface area contributed by atoms with Gasteiger partial charge in [0.2, 0.25) is 11.8 Å². The van der Waals surface area contributed by atoms with Crippen molar-refractivity contribution < 1.29 is 9.59 Å². The number of carbonyl (C=O) groups excluding carboxylic acids is 2. The highest BCUT2D eigenvalue weighted by molar-refractivity contribution is 7.99. The van der Waals surface area contributed by atoms with E-state index in [-0.39, 0.29) is 34.6 Å². The molecular formula is C23H41N5O2S. The van der Waals surface area contributed by atoms with Gasteiger partial charge in [0.05, 0.1) is 11.5 Å². The number of carbonyl (C=O) groups is 2. The molecule has 31 heavy (non-hydrogen) atoms. The van der Waals surface area contributed by atoms with Gasteiger partial charge < -0.3 is 26.6 Å². The number of hydrogen-bond donors (Lipinski definition) is 4. The van der Waals surface area contributed by atoms with Crippen molar-refractivity contribution in [3.63, 3.8) is 0 Å². The predicted octanol–water partition coefficient (Wildman–Crippen LogP) is 1.42. The van der Waals surface area contributed by atoms with Crippen molar-refractivity contribution in [1.29, 1.82) is 0 Å². The number of fused-ring (bicyclic) bond motifs is 1. The summed E-state index contributed by atoms with van der Waals surface area (Å²) in [4.78, 5) is 27.7. The van der Waals surface area contributed by atoms with Gasteiger partial charge in [0.25, 0.3) is 0 Å². The lowest BCUT2D eigenvalue weighted by atomic mass is 9.68. The van der Waals surface area contributed by atoms with E-state index in [1.165, 1.54) is 25.7 Å². The Balaban J connectivity index is 1.22. The topological polar surface area (TPSA) is 99.5 Å². The highest BCUT2D eigenvalue weighted by Crippen LogP contribution is 2.40. The molecule has 5 atom stereocenters. The Morgan fingerprint density at radius 1 is 1.19 bits per heavy atom.